The van der Waals surface area contributed by atoms with Gasteiger partial charge in [-0.25, -0.2) is 18.6 Å². The van der Waals surface area contributed by atoms with Crippen LogP contribution in [-0.4, -0.2) is 16.1 Å². The van der Waals surface area contributed by atoms with Gasteiger partial charge in [0, 0.05) is 3.57 Å². The molecule has 0 atom stereocenters. The first-order valence-corrected chi connectivity index (χ1v) is 5.35. The van der Waals surface area contributed by atoms with E-state index in [1.807, 2.05) is 0 Å². The van der Waals surface area contributed by atoms with Crippen molar-refractivity contribution in [3.8, 4) is 0 Å². The predicted molar refractivity (Wildman–Crippen MR) is 58.4 cm³/mol. The maximum atomic E-state index is 12.5. The van der Waals surface area contributed by atoms with Crippen molar-refractivity contribution in [2.24, 2.45) is 0 Å². The molecule has 0 unspecified atom stereocenters. The largest absolute Gasteiger partial charge is 0.476 e. The molecule has 0 aliphatic rings. The molecule has 1 heterocycles. The van der Waals surface area contributed by atoms with Crippen LogP contribution in [0.25, 0.3) is 0 Å². The lowest BCUT2D eigenvalue weighted by atomic mass is 10.2. The number of hydrogen-bond acceptors (Lipinski definition) is 2. The van der Waals surface area contributed by atoms with E-state index in [9.17, 15) is 13.6 Å². The Balaban J connectivity index is 3.42. The summed E-state index contributed by atoms with van der Waals surface area (Å²) in [5, 5.41) is 8.72. The number of aromatic carboxylic acids is 1. The third kappa shape index (κ3) is 2.75. The Morgan fingerprint density at radius 3 is 2.67 bits per heavy atom. The third-order valence-corrected chi connectivity index (χ3v) is 2.79. The quantitative estimate of drug-likeness (QED) is 0.675. The van der Waals surface area contributed by atoms with Crippen LogP contribution < -0.4 is 0 Å². The van der Waals surface area contributed by atoms with Gasteiger partial charge in [-0.2, -0.15) is 0 Å². The second kappa shape index (κ2) is 5.02. The van der Waals surface area contributed by atoms with E-state index in [0.29, 0.717) is 0 Å². The van der Waals surface area contributed by atoms with Crippen LogP contribution in [0.3, 0.4) is 0 Å². The molecule has 1 rings (SSSR count). The fraction of sp³-hybridized carbons (Fsp3) is 0.250. The topological polar surface area (TPSA) is 50.2 Å². The third-order valence-electron chi connectivity index (χ3n) is 1.62. The molecule has 0 aliphatic carbocycles. The molecule has 0 saturated heterocycles. The van der Waals surface area contributed by atoms with Crippen LogP contribution in [-0.2, 0) is 5.88 Å². The molecule has 0 aliphatic heterocycles. The molecule has 1 aromatic rings. The Kier molecular flexibility index (Phi) is 4.21. The first kappa shape index (κ1) is 12.6. The summed E-state index contributed by atoms with van der Waals surface area (Å²) < 4.78 is 25.2. The molecule has 0 saturated carbocycles. The van der Waals surface area contributed by atoms with Crippen LogP contribution in [0.5, 0.6) is 0 Å². The SMILES string of the molecule is O=C(O)c1nc(CCl)cc(I)c1C(F)F. The fourth-order valence-electron chi connectivity index (χ4n) is 1.01. The van der Waals surface area contributed by atoms with E-state index >= 15 is 0 Å². The first-order chi connectivity index (χ1) is 6.97. The van der Waals surface area contributed by atoms with Crippen molar-refractivity contribution >= 4 is 40.2 Å². The minimum Gasteiger partial charge on any atom is -0.476 e. The Hall–Kier alpha value is -0.500. The zero-order valence-electron chi connectivity index (χ0n) is 7.18. The van der Waals surface area contributed by atoms with Crippen molar-refractivity contribution in [3.63, 3.8) is 0 Å². The fourth-order valence-corrected chi connectivity index (χ4v) is 2.00. The normalized spacial score (nSPS) is 10.7. The maximum Gasteiger partial charge on any atom is 0.355 e. The highest BCUT2D eigenvalue weighted by Crippen LogP contribution is 2.28. The lowest BCUT2D eigenvalue weighted by Crippen LogP contribution is -2.10. The van der Waals surface area contributed by atoms with E-state index in [4.69, 9.17) is 16.7 Å². The van der Waals surface area contributed by atoms with Gasteiger partial charge in [0.15, 0.2) is 5.69 Å². The predicted octanol–water partition coefficient (Wildman–Crippen LogP) is 3.06. The van der Waals surface area contributed by atoms with Gasteiger partial charge in [-0.15, -0.1) is 11.6 Å². The van der Waals surface area contributed by atoms with Crippen molar-refractivity contribution in [1.29, 1.82) is 0 Å². The minimum absolute atomic E-state index is 0.0141. The number of nitrogens with zero attached hydrogens (tertiary/aromatic N) is 1. The van der Waals surface area contributed by atoms with Crippen molar-refractivity contribution in [2.45, 2.75) is 12.3 Å². The number of hydrogen-bond donors (Lipinski definition) is 1. The molecular formula is C8H5ClF2INO2. The smallest absolute Gasteiger partial charge is 0.355 e. The van der Waals surface area contributed by atoms with Gasteiger partial charge < -0.3 is 5.11 Å². The second-order valence-corrected chi connectivity index (χ2v) is 4.03. The Morgan fingerprint density at radius 2 is 2.27 bits per heavy atom. The van der Waals surface area contributed by atoms with E-state index in [1.165, 1.54) is 6.07 Å². The second-order valence-electron chi connectivity index (χ2n) is 2.60. The molecule has 0 bridgehead atoms. The van der Waals surface area contributed by atoms with E-state index in [-0.39, 0.29) is 15.1 Å². The number of pyridine rings is 1. The highest BCUT2D eigenvalue weighted by atomic mass is 127. The Bertz CT molecular complexity index is 400. The molecule has 0 radical (unpaired) electrons. The summed E-state index contributed by atoms with van der Waals surface area (Å²) in [6.45, 7) is 0. The highest BCUT2D eigenvalue weighted by molar-refractivity contribution is 14.1. The number of carboxylic acid groups (broad SMARTS) is 1. The molecule has 7 heteroatoms. The molecule has 0 spiro atoms. The van der Waals surface area contributed by atoms with Crippen LogP contribution in [0.15, 0.2) is 6.07 Å². The molecule has 1 aromatic heterocycles. The van der Waals surface area contributed by atoms with Gasteiger partial charge in [-0.3, -0.25) is 0 Å². The molecule has 3 nitrogen and oxygen atoms in total. The lowest BCUT2D eigenvalue weighted by Gasteiger charge is -2.08. The highest BCUT2D eigenvalue weighted by Gasteiger charge is 2.23. The number of carbonyl (C=O) groups is 1. The van der Waals surface area contributed by atoms with Gasteiger partial charge in [-0.1, -0.05) is 0 Å². The van der Waals surface area contributed by atoms with E-state index in [0.717, 1.165) is 0 Å². The molecule has 0 amide bonds. The average molecular weight is 347 g/mol. The molecule has 1 N–H and O–H groups in total. The average Bonchev–Trinajstić information content (AvgIpc) is 2.15. The Morgan fingerprint density at radius 1 is 1.67 bits per heavy atom. The van der Waals surface area contributed by atoms with Crippen molar-refractivity contribution < 1.29 is 18.7 Å². The Labute approximate surface area is 103 Å². The maximum absolute atomic E-state index is 12.5. The summed E-state index contributed by atoms with van der Waals surface area (Å²) >= 11 is 7.10. The van der Waals surface area contributed by atoms with Gasteiger partial charge >= 0.3 is 5.97 Å². The van der Waals surface area contributed by atoms with Gasteiger partial charge in [0.25, 0.3) is 6.43 Å². The monoisotopic (exact) mass is 347 g/mol. The molecular weight excluding hydrogens is 342 g/mol. The van der Waals surface area contributed by atoms with Gasteiger partial charge in [0.05, 0.1) is 17.1 Å². The number of carboxylic acids is 1. The number of alkyl halides is 3. The summed E-state index contributed by atoms with van der Waals surface area (Å²) in [5.41, 5.74) is -0.924. The summed E-state index contributed by atoms with van der Waals surface area (Å²) in [5.74, 6) is -1.49. The summed E-state index contributed by atoms with van der Waals surface area (Å²) in [7, 11) is 0. The van der Waals surface area contributed by atoms with Gasteiger partial charge in [-0.05, 0) is 28.7 Å². The van der Waals surface area contributed by atoms with Crippen molar-refractivity contribution in [1.82, 2.24) is 4.98 Å². The minimum atomic E-state index is -2.86. The lowest BCUT2D eigenvalue weighted by molar-refractivity contribution is 0.0676. The van der Waals surface area contributed by atoms with E-state index < -0.39 is 23.7 Å². The molecule has 15 heavy (non-hydrogen) atoms. The first-order valence-electron chi connectivity index (χ1n) is 3.74. The number of aromatic nitrogens is 1. The zero-order valence-corrected chi connectivity index (χ0v) is 10.1. The molecule has 0 aromatic carbocycles. The van der Waals surface area contributed by atoms with Crippen LogP contribution in [0.1, 0.15) is 28.2 Å². The number of rotatable bonds is 3. The van der Waals surface area contributed by atoms with E-state index in [1.54, 1.807) is 22.6 Å². The summed E-state index contributed by atoms with van der Waals surface area (Å²) in [6, 6.07) is 1.35. The van der Waals surface area contributed by atoms with Gasteiger partial charge in [0.1, 0.15) is 0 Å². The number of halogens is 4. The summed E-state index contributed by atoms with van der Waals surface area (Å²) in [4.78, 5) is 14.3. The van der Waals surface area contributed by atoms with Crippen molar-refractivity contribution in [2.75, 3.05) is 0 Å². The van der Waals surface area contributed by atoms with Crippen LogP contribution in [0.4, 0.5) is 8.78 Å². The van der Waals surface area contributed by atoms with Crippen molar-refractivity contribution in [3.05, 3.63) is 26.6 Å². The van der Waals surface area contributed by atoms with E-state index in [2.05, 4.69) is 4.98 Å². The summed E-state index contributed by atoms with van der Waals surface area (Å²) in [6.07, 6.45) is -2.86. The zero-order chi connectivity index (χ0) is 11.6. The molecule has 82 valence electrons. The van der Waals surface area contributed by atoms with Crippen LogP contribution in [0, 0.1) is 3.57 Å². The van der Waals surface area contributed by atoms with Crippen LogP contribution >= 0.6 is 34.2 Å². The standard InChI is InChI=1S/C8H5ClF2INO2/c9-2-3-1-4(12)5(7(10)11)6(13-3)8(14)15/h1,7H,2H2,(H,14,15). The van der Waals surface area contributed by atoms with Crippen LogP contribution in [0.2, 0.25) is 0 Å². The molecule has 0 fully saturated rings. The van der Waals surface area contributed by atoms with Gasteiger partial charge in [0.2, 0.25) is 0 Å².